The highest BCUT2D eigenvalue weighted by atomic mass is 16.6. The molecule has 0 aliphatic heterocycles. The van der Waals surface area contributed by atoms with E-state index in [4.69, 9.17) is 14.2 Å². The minimum Gasteiger partial charge on any atom is -0.462 e. The van der Waals surface area contributed by atoms with Crippen molar-refractivity contribution >= 4 is 17.9 Å². The first kappa shape index (κ1) is 60.9. The van der Waals surface area contributed by atoms with E-state index in [9.17, 15) is 14.4 Å². The lowest BCUT2D eigenvalue weighted by Gasteiger charge is -2.18. The van der Waals surface area contributed by atoms with Gasteiger partial charge in [0.2, 0.25) is 0 Å². The number of hydrogen-bond acceptors (Lipinski definition) is 6. The van der Waals surface area contributed by atoms with E-state index < -0.39 is 6.10 Å². The monoisotopic (exact) mass is 893 g/mol. The van der Waals surface area contributed by atoms with Crippen LogP contribution in [0.2, 0.25) is 0 Å². The fraction of sp³-hybridized carbons (Fsp3) is 0.741. The number of allylic oxidation sites excluding steroid dienone is 12. The smallest absolute Gasteiger partial charge is 0.306 e. The van der Waals surface area contributed by atoms with Crippen LogP contribution in [0.5, 0.6) is 0 Å². The van der Waals surface area contributed by atoms with E-state index in [1.165, 1.54) is 116 Å². The number of rotatable bonds is 48. The van der Waals surface area contributed by atoms with Crippen molar-refractivity contribution in [1.29, 1.82) is 0 Å². The topological polar surface area (TPSA) is 78.9 Å². The van der Waals surface area contributed by atoms with Crippen LogP contribution in [0.1, 0.15) is 258 Å². The lowest BCUT2D eigenvalue weighted by atomic mass is 10.0. The van der Waals surface area contributed by atoms with Gasteiger partial charge in [0.25, 0.3) is 0 Å². The molecule has 0 fully saturated rings. The Hall–Kier alpha value is -3.15. The summed E-state index contributed by atoms with van der Waals surface area (Å²) in [6.07, 6.45) is 66.8. The van der Waals surface area contributed by atoms with Crippen LogP contribution in [0, 0.1) is 0 Å². The van der Waals surface area contributed by atoms with E-state index in [-0.39, 0.29) is 31.1 Å². The molecule has 0 spiro atoms. The van der Waals surface area contributed by atoms with E-state index >= 15 is 0 Å². The van der Waals surface area contributed by atoms with Gasteiger partial charge in [-0.05, 0) is 70.6 Å². The molecule has 0 aliphatic carbocycles. The second-order valence-corrected chi connectivity index (χ2v) is 17.8. The van der Waals surface area contributed by atoms with Crippen molar-refractivity contribution in [3.8, 4) is 0 Å². The molecule has 0 amide bonds. The summed E-state index contributed by atoms with van der Waals surface area (Å²) < 4.78 is 16.6. The minimum absolute atomic E-state index is 0.0726. The molecular formula is C58H100O6. The molecule has 0 saturated heterocycles. The number of esters is 3. The fourth-order valence-electron chi connectivity index (χ4n) is 7.45. The first-order valence-electron chi connectivity index (χ1n) is 26.9. The van der Waals surface area contributed by atoms with Gasteiger partial charge in [-0.1, -0.05) is 241 Å². The predicted molar refractivity (Wildman–Crippen MR) is 274 cm³/mol. The highest BCUT2D eigenvalue weighted by Crippen LogP contribution is 2.15. The second kappa shape index (κ2) is 52.5. The van der Waals surface area contributed by atoms with Gasteiger partial charge in [0.15, 0.2) is 6.10 Å². The molecule has 64 heavy (non-hydrogen) atoms. The van der Waals surface area contributed by atoms with Crippen LogP contribution in [0.4, 0.5) is 0 Å². The van der Waals surface area contributed by atoms with Gasteiger partial charge in [0.05, 0.1) is 0 Å². The third kappa shape index (κ3) is 49.9. The SMILES string of the molecule is CC/C=C\C/C=C\C/C=C\C/C=C\C/C=C\C/C=C\CCCCCCCCCCCCCCCCC(=O)OCC(COC(=O)CCCCCCC)OC(=O)CCCCCCCCCC. The average molecular weight is 893 g/mol. The van der Waals surface area contributed by atoms with Gasteiger partial charge >= 0.3 is 17.9 Å². The van der Waals surface area contributed by atoms with E-state index in [1.807, 2.05) is 0 Å². The van der Waals surface area contributed by atoms with Crippen molar-refractivity contribution in [3.63, 3.8) is 0 Å². The normalized spacial score (nSPS) is 12.6. The molecule has 0 aromatic heterocycles. The van der Waals surface area contributed by atoms with Crippen molar-refractivity contribution in [2.45, 2.75) is 264 Å². The van der Waals surface area contributed by atoms with E-state index in [2.05, 4.69) is 93.7 Å². The van der Waals surface area contributed by atoms with Gasteiger partial charge in [-0.25, -0.2) is 0 Å². The Labute approximate surface area is 395 Å². The number of carbonyl (C=O) groups is 3. The third-order valence-corrected chi connectivity index (χ3v) is 11.5. The highest BCUT2D eigenvalue weighted by Gasteiger charge is 2.19. The average Bonchev–Trinajstić information content (AvgIpc) is 3.29. The molecule has 0 aliphatic rings. The largest absolute Gasteiger partial charge is 0.462 e. The highest BCUT2D eigenvalue weighted by molar-refractivity contribution is 5.71. The Morgan fingerprint density at radius 3 is 0.953 bits per heavy atom. The Morgan fingerprint density at radius 1 is 0.328 bits per heavy atom. The minimum atomic E-state index is -0.765. The van der Waals surface area contributed by atoms with Crippen LogP contribution in [-0.2, 0) is 28.6 Å². The van der Waals surface area contributed by atoms with Crippen molar-refractivity contribution in [2.24, 2.45) is 0 Å². The maximum atomic E-state index is 12.6. The summed E-state index contributed by atoms with van der Waals surface area (Å²) >= 11 is 0. The molecule has 0 aromatic rings. The summed E-state index contributed by atoms with van der Waals surface area (Å²) in [5.74, 6) is -0.889. The summed E-state index contributed by atoms with van der Waals surface area (Å²) in [6.45, 7) is 6.41. The van der Waals surface area contributed by atoms with Gasteiger partial charge in [-0.3, -0.25) is 14.4 Å². The molecule has 0 N–H and O–H groups in total. The van der Waals surface area contributed by atoms with Crippen molar-refractivity contribution in [3.05, 3.63) is 72.9 Å². The summed E-state index contributed by atoms with van der Waals surface area (Å²) in [7, 11) is 0. The van der Waals surface area contributed by atoms with Crippen LogP contribution >= 0.6 is 0 Å². The second-order valence-electron chi connectivity index (χ2n) is 17.8. The molecule has 1 atom stereocenters. The number of hydrogen-bond donors (Lipinski definition) is 0. The maximum absolute atomic E-state index is 12.6. The molecule has 0 radical (unpaired) electrons. The first-order chi connectivity index (χ1) is 31.5. The summed E-state index contributed by atoms with van der Waals surface area (Å²) in [5.41, 5.74) is 0. The molecule has 1 unspecified atom stereocenters. The molecule has 368 valence electrons. The fourth-order valence-corrected chi connectivity index (χ4v) is 7.45. The van der Waals surface area contributed by atoms with Crippen LogP contribution in [0.15, 0.2) is 72.9 Å². The van der Waals surface area contributed by atoms with Gasteiger partial charge in [-0.2, -0.15) is 0 Å². The Morgan fingerprint density at radius 2 is 0.609 bits per heavy atom. The molecule has 0 saturated carbocycles. The van der Waals surface area contributed by atoms with Crippen molar-refractivity contribution in [2.75, 3.05) is 13.2 Å². The molecule has 0 bridgehead atoms. The zero-order chi connectivity index (χ0) is 46.5. The third-order valence-electron chi connectivity index (χ3n) is 11.5. The summed E-state index contributed by atoms with van der Waals surface area (Å²) in [4.78, 5) is 37.5. The first-order valence-corrected chi connectivity index (χ1v) is 26.9. The number of carbonyl (C=O) groups excluding carboxylic acids is 3. The molecule has 0 aromatic carbocycles. The summed E-state index contributed by atoms with van der Waals surface area (Å²) in [6, 6.07) is 0. The molecular weight excluding hydrogens is 793 g/mol. The van der Waals surface area contributed by atoms with Crippen LogP contribution < -0.4 is 0 Å². The van der Waals surface area contributed by atoms with Crippen molar-refractivity contribution in [1.82, 2.24) is 0 Å². The predicted octanol–water partition coefficient (Wildman–Crippen LogP) is 17.8. The number of unbranched alkanes of at least 4 members (excludes halogenated alkanes) is 25. The van der Waals surface area contributed by atoms with Crippen LogP contribution in [0.25, 0.3) is 0 Å². The van der Waals surface area contributed by atoms with Gasteiger partial charge < -0.3 is 14.2 Å². The Kier molecular flexibility index (Phi) is 49.9. The van der Waals surface area contributed by atoms with Gasteiger partial charge in [0.1, 0.15) is 13.2 Å². The van der Waals surface area contributed by atoms with Crippen LogP contribution in [-0.4, -0.2) is 37.2 Å². The number of ether oxygens (including phenoxy) is 3. The lowest BCUT2D eigenvalue weighted by molar-refractivity contribution is -0.167. The van der Waals surface area contributed by atoms with Crippen LogP contribution in [0.3, 0.4) is 0 Å². The Balaban J connectivity index is 3.88. The Bertz CT molecular complexity index is 1210. The standard InChI is InChI=1S/C58H100O6/c1-4-7-10-13-15-17-18-19-20-21-22-23-24-25-26-27-28-29-30-31-32-33-34-35-36-37-38-39-40-41-43-45-48-51-57(60)63-54-55(53-62-56(59)50-47-44-12-9-6-3)64-58(61)52-49-46-42-16-14-11-8-5-2/h7,10,15,17,19-20,22-23,25-26,28-29,55H,4-6,8-9,11-14,16,18,21,24,27,30-54H2,1-3H3/b10-7-,17-15-,20-19-,23-22-,26-25-,29-28-. The van der Waals surface area contributed by atoms with Gasteiger partial charge in [-0.15, -0.1) is 0 Å². The van der Waals surface area contributed by atoms with E-state index in [0.29, 0.717) is 19.3 Å². The maximum Gasteiger partial charge on any atom is 0.306 e. The molecule has 6 heteroatoms. The zero-order valence-corrected chi connectivity index (χ0v) is 42.0. The van der Waals surface area contributed by atoms with Gasteiger partial charge in [0, 0.05) is 19.3 Å². The zero-order valence-electron chi connectivity index (χ0n) is 42.0. The molecule has 6 nitrogen and oxygen atoms in total. The van der Waals surface area contributed by atoms with Crippen molar-refractivity contribution < 1.29 is 28.6 Å². The molecule has 0 heterocycles. The molecule has 0 rings (SSSR count). The lowest BCUT2D eigenvalue weighted by Crippen LogP contribution is -2.30. The summed E-state index contributed by atoms with van der Waals surface area (Å²) in [5, 5.41) is 0. The van der Waals surface area contributed by atoms with E-state index in [0.717, 1.165) is 103 Å². The van der Waals surface area contributed by atoms with E-state index in [1.54, 1.807) is 0 Å². The quantitative estimate of drug-likeness (QED) is 0.0262.